The first-order valence-electron chi connectivity index (χ1n) is 8.15. The summed E-state index contributed by atoms with van der Waals surface area (Å²) >= 11 is 1.69. The number of hydrogen-bond donors (Lipinski definition) is 1. The number of benzene rings is 2. The summed E-state index contributed by atoms with van der Waals surface area (Å²) in [6, 6.07) is 12.3. The first-order chi connectivity index (χ1) is 11.5. The van der Waals surface area contributed by atoms with E-state index in [-0.39, 0.29) is 5.25 Å². The Bertz CT molecular complexity index is 722. The Kier molecular flexibility index (Phi) is 4.79. The van der Waals surface area contributed by atoms with Gasteiger partial charge >= 0.3 is 0 Å². The van der Waals surface area contributed by atoms with Crippen molar-refractivity contribution < 1.29 is 14.6 Å². The molecule has 3 nitrogen and oxygen atoms in total. The maximum Gasteiger partial charge on any atom is 0.123 e. The third-order valence-electron chi connectivity index (χ3n) is 4.70. The first-order valence-corrected chi connectivity index (χ1v) is 9.03. The van der Waals surface area contributed by atoms with E-state index < -0.39 is 5.60 Å². The Morgan fingerprint density at radius 3 is 2.29 bits per heavy atom. The van der Waals surface area contributed by atoms with E-state index in [2.05, 4.69) is 31.2 Å². The molecular weight excluding hydrogens is 320 g/mol. The molecule has 24 heavy (non-hydrogen) atoms. The highest BCUT2D eigenvalue weighted by molar-refractivity contribution is 7.99. The zero-order valence-corrected chi connectivity index (χ0v) is 15.4. The predicted octanol–water partition coefficient (Wildman–Crippen LogP) is 4.54. The molecule has 0 unspecified atom stereocenters. The Morgan fingerprint density at radius 2 is 1.67 bits per heavy atom. The van der Waals surface area contributed by atoms with Crippen LogP contribution in [0.4, 0.5) is 0 Å². The van der Waals surface area contributed by atoms with Crippen molar-refractivity contribution >= 4 is 11.8 Å². The monoisotopic (exact) mass is 344 g/mol. The first kappa shape index (κ1) is 17.2. The number of ether oxygens (including phenoxy) is 2. The molecule has 0 spiro atoms. The molecule has 0 saturated carbocycles. The highest BCUT2D eigenvalue weighted by Crippen LogP contribution is 2.53. The Balaban J connectivity index is 2.09. The van der Waals surface area contributed by atoms with Gasteiger partial charge in [0.15, 0.2) is 0 Å². The van der Waals surface area contributed by atoms with Crippen LogP contribution in [0.15, 0.2) is 41.3 Å². The molecule has 2 atom stereocenters. The fourth-order valence-electron chi connectivity index (χ4n) is 3.30. The smallest absolute Gasteiger partial charge is 0.123 e. The Morgan fingerprint density at radius 1 is 1.04 bits per heavy atom. The normalized spacial score (nSPS) is 22.8. The minimum Gasteiger partial charge on any atom is -0.496 e. The largest absolute Gasteiger partial charge is 0.496 e. The molecule has 2 aromatic rings. The van der Waals surface area contributed by atoms with Crippen molar-refractivity contribution in [3.63, 3.8) is 0 Å². The van der Waals surface area contributed by atoms with Crippen LogP contribution in [0.2, 0.25) is 0 Å². The molecule has 128 valence electrons. The lowest BCUT2D eigenvalue weighted by atomic mass is 9.80. The molecule has 0 bridgehead atoms. The summed E-state index contributed by atoms with van der Waals surface area (Å²) in [6.45, 7) is 4.00. The standard InChI is InChI=1S/C20H24O3S/c1-13-5-7-14(8-6-13)24-19-18-15(11-12-20(19,2)21)16(22-3)9-10-17(18)23-4/h5-10,19,21H,11-12H2,1-4H3/t19-,20+/m0/s1. The number of fused-ring (bicyclic) bond motifs is 1. The van der Waals surface area contributed by atoms with Crippen LogP contribution in [0.5, 0.6) is 11.5 Å². The van der Waals surface area contributed by atoms with Crippen LogP contribution in [0.1, 0.15) is 35.3 Å². The number of thioether (sulfide) groups is 1. The van der Waals surface area contributed by atoms with Gasteiger partial charge in [0, 0.05) is 16.0 Å². The lowest BCUT2D eigenvalue weighted by Gasteiger charge is -2.39. The predicted molar refractivity (Wildman–Crippen MR) is 98.3 cm³/mol. The van der Waals surface area contributed by atoms with E-state index in [0.29, 0.717) is 6.42 Å². The van der Waals surface area contributed by atoms with Crippen molar-refractivity contribution in [1.82, 2.24) is 0 Å². The van der Waals surface area contributed by atoms with E-state index >= 15 is 0 Å². The van der Waals surface area contributed by atoms with E-state index in [9.17, 15) is 5.11 Å². The van der Waals surface area contributed by atoms with Crippen LogP contribution in [0, 0.1) is 6.92 Å². The average molecular weight is 344 g/mol. The number of aryl methyl sites for hydroxylation is 1. The molecule has 1 N–H and O–H groups in total. The summed E-state index contributed by atoms with van der Waals surface area (Å²) in [4.78, 5) is 1.14. The summed E-state index contributed by atoms with van der Waals surface area (Å²) in [6.07, 6.45) is 1.49. The number of aliphatic hydroxyl groups is 1. The number of hydrogen-bond acceptors (Lipinski definition) is 4. The van der Waals surface area contributed by atoms with E-state index in [1.54, 1.807) is 26.0 Å². The van der Waals surface area contributed by atoms with Gasteiger partial charge in [-0.2, -0.15) is 0 Å². The van der Waals surface area contributed by atoms with Gasteiger partial charge in [0.2, 0.25) is 0 Å². The lowest BCUT2D eigenvalue weighted by Crippen LogP contribution is -2.36. The molecule has 0 radical (unpaired) electrons. The van der Waals surface area contributed by atoms with Gasteiger partial charge in [-0.3, -0.25) is 0 Å². The Hall–Kier alpha value is -1.65. The summed E-state index contributed by atoms with van der Waals surface area (Å²) in [5.74, 6) is 1.69. The van der Waals surface area contributed by atoms with Crippen LogP contribution in [0.3, 0.4) is 0 Å². The third-order valence-corrected chi connectivity index (χ3v) is 6.22. The fourth-order valence-corrected chi connectivity index (χ4v) is 4.61. The second-order valence-electron chi connectivity index (χ2n) is 6.53. The SMILES string of the molecule is COc1ccc(OC)c2c1CC[C@@](C)(O)[C@H]2Sc1ccc(C)cc1. The molecule has 1 aliphatic rings. The molecule has 3 rings (SSSR count). The van der Waals surface area contributed by atoms with Gasteiger partial charge < -0.3 is 14.6 Å². The molecule has 0 heterocycles. The highest BCUT2D eigenvalue weighted by Gasteiger charge is 2.41. The highest BCUT2D eigenvalue weighted by atomic mass is 32.2. The Labute approximate surface area is 148 Å². The third kappa shape index (κ3) is 3.13. The van der Waals surface area contributed by atoms with E-state index in [0.717, 1.165) is 33.9 Å². The van der Waals surface area contributed by atoms with E-state index in [1.165, 1.54) is 5.56 Å². The minimum atomic E-state index is -0.803. The van der Waals surface area contributed by atoms with Crippen LogP contribution in [0.25, 0.3) is 0 Å². The molecular formula is C20H24O3S. The molecule has 0 saturated heterocycles. The van der Waals surface area contributed by atoms with Gasteiger partial charge in [-0.05, 0) is 51.0 Å². The molecule has 0 fully saturated rings. The fraction of sp³-hybridized carbons (Fsp3) is 0.400. The molecule has 2 aromatic carbocycles. The molecule has 4 heteroatoms. The maximum atomic E-state index is 11.1. The van der Waals surface area contributed by atoms with Gasteiger partial charge in [0.25, 0.3) is 0 Å². The zero-order valence-electron chi connectivity index (χ0n) is 14.6. The summed E-state index contributed by atoms with van der Waals surface area (Å²) in [5, 5.41) is 11.0. The van der Waals surface area contributed by atoms with Gasteiger partial charge in [0.05, 0.1) is 25.1 Å². The summed E-state index contributed by atoms with van der Waals surface area (Å²) in [7, 11) is 3.37. The number of rotatable bonds is 4. The lowest BCUT2D eigenvalue weighted by molar-refractivity contribution is 0.0414. The minimum absolute atomic E-state index is 0.103. The van der Waals surface area contributed by atoms with E-state index in [4.69, 9.17) is 9.47 Å². The van der Waals surface area contributed by atoms with Crippen LogP contribution >= 0.6 is 11.8 Å². The van der Waals surface area contributed by atoms with Crippen molar-refractivity contribution in [3.8, 4) is 11.5 Å². The molecule has 0 aromatic heterocycles. The van der Waals surface area contributed by atoms with Crippen molar-refractivity contribution in [2.24, 2.45) is 0 Å². The van der Waals surface area contributed by atoms with E-state index in [1.807, 2.05) is 19.1 Å². The quantitative estimate of drug-likeness (QED) is 0.883. The van der Waals surface area contributed by atoms with Crippen LogP contribution in [-0.2, 0) is 6.42 Å². The van der Waals surface area contributed by atoms with Crippen LogP contribution < -0.4 is 9.47 Å². The summed E-state index contributed by atoms with van der Waals surface area (Å²) < 4.78 is 11.2. The number of methoxy groups -OCH3 is 2. The van der Waals surface area contributed by atoms with Gasteiger partial charge in [-0.25, -0.2) is 0 Å². The average Bonchev–Trinajstić information content (AvgIpc) is 2.58. The van der Waals surface area contributed by atoms with Gasteiger partial charge in [-0.15, -0.1) is 11.8 Å². The second kappa shape index (κ2) is 6.69. The van der Waals surface area contributed by atoms with Crippen molar-refractivity contribution in [1.29, 1.82) is 0 Å². The second-order valence-corrected chi connectivity index (χ2v) is 7.71. The zero-order chi connectivity index (χ0) is 17.3. The van der Waals surface area contributed by atoms with Crippen molar-refractivity contribution in [2.45, 2.75) is 42.4 Å². The topological polar surface area (TPSA) is 38.7 Å². The van der Waals surface area contributed by atoms with Crippen molar-refractivity contribution in [2.75, 3.05) is 14.2 Å². The van der Waals surface area contributed by atoms with Crippen molar-refractivity contribution in [3.05, 3.63) is 53.1 Å². The summed E-state index contributed by atoms with van der Waals surface area (Å²) in [5.41, 5.74) is 2.63. The molecule has 0 aliphatic heterocycles. The molecule has 1 aliphatic carbocycles. The van der Waals surface area contributed by atoms with Crippen LogP contribution in [-0.4, -0.2) is 24.9 Å². The van der Waals surface area contributed by atoms with Gasteiger partial charge in [0.1, 0.15) is 11.5 Å². The maximum absolute atomic E-state index is 11.1. The molecule has 0 amide bonds. The van der Waals surface area contributed by atoms with Gasteiger partial charge in [-0.1, -0.05) is 17.7 Å².